The molecule has 0 aliphatic heterocycles. The monoisotopic (exact) mass is 1930 g/mol. The Hall–Kier alpha value is -7.44. The fourth-order valence-corrected chi connectivity index (χ4v) is 9.61. The van der Waals surface area contributed by atoms with Crippen LogP contribution in [-0.2, 0) is 46.1 Å². The summed E-state index contributed by atoms with van der Waals surface area (Å²) in [6, 6.07) is 62.4. The largest absolute Gasteiger partial charge is 1.00 e. The van der Waals surface area contributed by atoms with Crippen LogP contribution in [0.25, 0.3) is 65.4 Å². The molecular formula is C75H75Br2Cs2F2N9O16Pd. The van der Waals surface area contributed by atoms with Gasteiger partial charge in [0.2, 0.25) is 0 Å². The molecule has 0 unspecified atom stereocenters. The Morgan fingerprint density at radius 1 is 0.505 bits per heavy atom. The third-order valence-corrected chi connectivity index (χ3v) is 14.8. The summed E-state index contributed by atoms with van der Waals surface area (Å²) < 4.78 is 28.7. The minimum atomic E-state index is -0.833. The third kappa shape index (κ3) is 34.8. The number of carboxylic acid groups (broad SMARTS) is 2. The average molecular weight is 1930 g/mol. The molecule has 8 N–H and O–H groups in total. The van der Waals surface area contributed by atoms with Crippen LogP contribution in [-0.4, -0.2) is 89.1 Å². The van der Waals surface area contributed by atoms with Gasteiger partial charge < -0.3 is 52.5 Å². The summed E-state index contributed by atoms with van der Waals surface area (Å²) in [5.74, 6) is -0.829. The van der Waals surface area contributed by atoms with E-state index in [0.717, 1.165) is 108 Å². The fourth-order valence-electron chi connectivity index (χ4n) is 9.35. The van der Waals surface area contributed by atoms with E-state index in [-0.39, 0.29) is 212 Å². The molecule has 0 saturated carbocycles. The molecule has 0 saturated heterocycles. The number of nitrogen functional groups attached to an aromatic ring is 1. The number of aliphatic carboxylic acids is 2. The minimum absolute atomic E-state index is 0. The van der Waals surface area contributed by atoms with Crippen molar-refractivity contribution in [2.24, 2.45) is 0 Å². The zero-order valence-electron chi connectivity index (χ0n) is 60.5. The predicted octanol–water partition coefficient (Wildman–Crippen LogP) is 13.0. The van der Waals surface area contributed by atoms with Crippen molar-refractivity contribution in [2.75, 3.05) is 36.8 Å². The number of nitrogens with zero attached hydrogens (tertiary/aromatic N) is 4. The van der Waals surface area contributed by atoms with Crippen LogP contribution in [0.2, 0.25) is 0 Å². The molecule has 0 bridgehead atoms. The van der Waals surface area contributed by atoms with Crippen molar-refractivity contribution in [3.05, 3.63) is 279 Å². The Labute approximate surface area is 762 Å². The normalized spacial score (nSPS) is 9.61. The summed E-state index contributed by atoms with van der Waals surface area (Å²) in [6.45, 7) is 9.62. The predicted molar refractivity (Wildman–Crippen MR) is 410 cm³/mol. The summed E-state index contributed by atoms with van der Waals surface area (Å²) in [5, 5.41) is 75.4. The number of aryl methyl sites for hydroxylation is 5. The molecule has 3 aromatic heterocycles. The number of nitro groups is 4. The fraction of sp³-hybridized carbons (Fsp3) is 0.160. The smallest absolute Gasteiger partial charge is 1.00 e. The van der Waals surface area contributed by atoms with E-state index in [0.29, 0.717) is 11.8 Å². The molecule has 0 radical (unpaired) electrons. The molecule has 32 heteroatoms. The van der Waals surface area contributed by atoms with Gasteiger partial charge in [-0.15, -0.1) is 0 Å². The summed E-state index contributed by atoms with van der Waals surface area (Å²) in [6.07, 6.45) is 1.41. The molecule has 0 aliphatic rings. The van der Waals surface area contributed by atoms with Gasteiger partial charge in [-0.25, -0.2) is 0 Å². The molecule has 0 aliphatic carbocycles. The summed E-state index contributed by atoms with van der Waals surface area (Å²) in [7, 11) is 1.63. The van der Waals surface area contributed by atoms with Gasteiger partial charge in [0.25, 0.3) is 41.2 Å². The number of methoxy groups -OCH3 is 1. The van der Waals surface area contributed by atoms with Crippen molar-refractivity contribution in [2.45, 2.75) is 54.4 Å². The number of hydrogen-bond acceptors (Lipinski definition) is 16. The number of carbonyl (C=O) groups excluding carboxylic acids is 1. The number of nitrogens with two attached hydrogens (primary N) is 1. The topological polar surface area (TPSA) is 391 Å². The number of aromatic amines is 3. The Morgan fingerprint density at radius 3 is 1.11 bits per heavy atom. The van der Waals surface area contributed by atoms with Crippen LogP contribution in [0, 0.1) is 68.2 Å². The quantitative estimate of drug-likeness (QED) is 0.0114. The van der Waals surface area contributed by atoms with Gasteiger partial charge in [-0.3, -0.25) is 63.6 Å². The average Bonchev–Trinajstić information content (AvgIpc) is 1.65. The second-order valence-electron chi connectivity index (χ2n) is 22.1. The molecule has 0 amide bonds. The molecule has 0 spiro atoms. The second-order valence-corrected chi connectivity index (χ2v) is 23.8. The second kappa shape index (κ2) is 51.8. The third-order valence-electron chi connectivity index (χ3n) is 14.0. The van der Waals surface area contributed by atoms with Crippen LogP contribution in [0.15, 0.2) is 211 Å². The number of aromatic nitrogens is 3. The van der Waals surface area contributed by atoms with Crippen molar-refractivity contribution >= 4 is 155 Å². The number of H-pyrrole nitrogens is 3. The number of ether oxygens (including phenoxy) is 1. The number of alkyl halides is 3. The van der Waals surface area contributed by atoms with Crippen molar-refractivity contribution in [1.29, 1.82) is 0 Å². The van der Waals surface area contributed by atoms with Crippen LogP contribution in [0.3, 0.4) is 0 Å². The summed E-state index contributed by atoms with van der Waals surface area (Å²) in [5.41, 5.74) is 20.6. The van der Waals surface area contributed by atoms with E-state index in [4.69, 9.17) is 40.3 Å². The Morgan fingerprint density at radius 2 is 0.794 bits per heavy atom. The van der Waals surface area contributed by atoms with Crippen molar-refractivity contribution in [1.82, 2.24) is 15.0 Å². The van der Waals surface area contributed by atoms with E-state index in [1.165, 1.54) is 69.4 Å². The molecule has 13 rings (SSSR count). The maximum absolute atomic E-state index is 12.2. The van der Waals surface area contributed by atoms with E-state index in [9.17, 15) is 49.2 Å². The summed E-state index contributed by atoms with van der Waals surface area (Å²) >= 11 is 6.05. The number of non-ortho nitro benzene ring substituents is 4. The standard InChI is InChI=1S/C16H16FN.2C13H10N2O2.C13H12N2O2.C7H9NO.C6H4BrNO2.C2H4BrF.2C2H4O2.CH2O3.2Cs.Pd.H/c1-11-4-6-15-13(9-11)14-10-12(3-2-8-17)5-7-16(14)18-15;2*1-8-2-4-12-10(6-8)11-7-9(15(16)17)3-5-13(11)14-12;1-10-2-4-11(5-3-10)14-12-6-8-13(9-7-12)15(16)17;1-9-7-4-2-6(8)3-5-7;7-5-1-3-6(4-2-5)8(9)10;3-1-2-4;2*1-2(3)4;2-1-4-3;;;;/h4-7,9-10,18H,2-3,8H2,1H3;2*2-7,14H,1H3;2-9,14H,1H3;2-5H,8H2,1H3;1-4H;1-2H2;2*1H3,(H,3,4);1,3H;;;;/q;;;;;;;;;;2*+1;;-1/p-1. The zero-order valence-corrected chi connectivity index (χ0v) is 76.8. The molecule has 3 heterocycles. The van der Waals surface area contributed by atoms with Gasteiger partial charge in [-0.1, -0.05) is 90.5 Å². The maximum Gasteiger partial charge on any atom is 1.00 e. The van der Waals surface area contributed by atoms with Gasteiger partial charge in [0.05, 0.1) is 40.2 Å². The van der Waals surface area contributed by atoms with E-state index in [1.54, 1.807) is 67.8 Å². The molecule has 107 heavy (non-hydrogen) atoms. The number of nitrogens with one attached hydrogen (secondary N) is 4. The molecule has 25 nitrogen and oxygen atoms in total. The Kier molecular flexibility index (Phi) is 47.2. The number of fused-ring (bicyclic) bond motifs is 9. The molecule has 0 fully saturated rings. The SMILES string of the molecule is CC(=O)O.CC(=O)O.COc1ccc(N)cc1.Cc1ccc(Nc2ccc([N+](=O)[O-])cc2)cc1.Cc1ccc2[nH]c3ccc(CCCF)cc3c2c1.Cc1ccc2[nH]c3ccc([N+](=O)[O-])cc3c2c1.Cc1ccc2[nH]c3ccc([N+](=O)[O-])cc3c2c1.FCCBr.O=CO[O-].O=[N+]([O-])c1ccc(Br)cc1.[Cs+].[Cs+].[H-].[Pd]. The van der Waals surface area contributed by atoms with Gasteiger partial charge in [0.1, 0.15) is 5.75 Å². The first-order valence-corrected chi connectivity index (χ1v) is 33.0. The Balaban J connectivity index is 0.00000123. The van der Waals surface area contributed by atoms with E-state index in [1.807, 2.05) is 93.6 Å². The molecule has 13 aromatic rings. The number of carboxylic acids is 2. The molecule has 0 atom stereocenters. The van der Waals surface area contributed by atoms with Gasteiger partial charge >= 0.3 is 138 Å². The van der Waals surface area contributed by atoms with Crippen molar-refractivity contribution < 1.29 is 228 Å². The number of nitro benzene ring substituents is 4. The van der Waals surface area contributed by atoms with Crippen LogP contribution < -0.4 is 159 Å². The van der Waals surface area contributed by atoms with Crippen molar-refractivity contribution in [3.63, 3.8) is 0 Å². The van der Waals surface area contributed by atoms with E-state index in [2.05, 4.69) is 100 Å². The van der Waals surface area contributed by atoms with Gasteiger partial charge in [-0.2, -0.15) is 0 Å². The minimum Gasteiger partial charge on any atom is -1.00 e. The maximum atomic E-state index is 12.2. The van der Waals surface area contributed by atoms with Gasteiger partial charge in [0.15, 0.2) is 0 Å². The first-order chi connectivity index (χ1) is 49.5. The van der Waals surface area contributed by atoms with Crippen molar-refractivity contribution in [3.8, 4) is 5.75 Å². The van der Waals surface area contributed by atoms with Crippen LogP contribution in [0.5, 0.6) is 5.75 Å². The Bertz CT molecular complexity index is 4840. The number of halogens is 4. The molecule has 10 aromatic carbocycles. The summed E-state index contributed by atoms with van der Waals surface area (Å²) in [4.78, 5) is 79.7. The first kappa shape index (κ1) is 97.6. The number of carbonyl (C=O) groups is 3. The van der Waals surface area contributed by atoms with Gasteiger partial charge in [-0.05, 0) is 167 Å². The van der Waals surface area contributed by atoms with Gasteiger partial charge in [0, 0.05) is 175 Å². The first-order valence-electron chi connectivity index (χ1n) is 31.1. The molecular weight excluding hydrogens is 1850 g/mol. The van der Waals surface area contributed by atoms with Crippen LogP contribution >= 0.6 is 31.9 Å². The van der Waals surface area contributed by atoms with Crippen LogP contribution in [0.4, 0.5) is 48.6 Å². The molecule has 556 valence electrons. The van der Waals surface area contributed by atoms with E-state index >= 15 is 0 Å². The number of anilines is 3. The van der Waals surface area contributed by atoms with Crippen LogP contribution in [0.1, 0.15) is 49.5 Å². The van der Waals surface area contributed by atoms with E-state index < -0.39 is 21.8 Å². The number of hydrogen-bond donors (Lipinski definition) is 7. The number of rotatable bonds is 12. The zero-order chi connectivity index (χ0) is 77.0. The number of benzene rings is 10.